The van der Waals surface area contributed by atoms with Gasteiger partial charge in [-0.25, -0.2) is 22.4 Å². The number of nitrogens with one attached hydrogen (secondary N) is 1. The summed E-state index contributed by atoms with van der Waals surface area (Å²) in [5, 5.41) is 15.4. The average Bonchev–Trinajstić information content (AvgIpc) is 3.52. The van der Waals surface area contributed by atoms with Gasteiger partial charge in [-0.1, -0.05) is 11.3 Å². The third-order valence-corrected chi connectivity index (χ3v) is 6.88. The van der Waals surface area contributed by atoms with Crippen molar-refractivity contribution >= 4 is 22.5 Å². The molecule has 4 aromatic rings. The van der Waals surface area contributed by atoms with E-state index in [2.05, 4.69) is 25.7 Å². The molecule has 2 atom stereocenters. The van der Waals surface area contributed by atoms with Gasteiger partial charge in [0.1, 0.15) is 23.7 Å². The third kappa shape index (κ3) is 3.73. The molecule has 190 valence electrons. The number of hydrogen-bond acceptors (Lipinski definition) is 8. The van der Waals surface area contributed by atoms with Gasteiger partial charge in [0.25, 0.3) is 5.92 Å². The van der Waals surface area contributed by atoms with Crippen LogP contribution in [0.15, 0.2) is 30.5 Å². The van der Waals surface area contributed by atoms with E-state index in [-0.39, 0.29) is 31.0 Å². The van der Waals surface area contributed by atoms with E-state index in [1.165, 1.54) is 7.11 Å². The summed E-state index contributed by atoms with van der Waals surface area (Å²) in [6.45, 7) is 1.94. The molecule has 36 heavy (non-hydrogen) atoms. The summed E-state index contributed by atoms with van der Waals surface area (Å²) in [5.74, 6) is -2.65. The first-order chi connectivity index (χ1) is 17.4. The Labute approximate surface area is 204 Å². The Balaban J connectivity index is 1.34. The normalized spacial score (nSPS) is 21.2. The van der Waals surface area contributed by atoms with Crippen molar-refractivity contribution in [3.63, 3.8) is 0 Å². The number of anilines is 1. The van der Waals surface area contributed by atoms with E-state index < -0.39 is 24.7 Å². The highest BCUT2D eigenvalue weighted by atomic mass is 19.3. The number of methoxy groups -OCH3 is 1. The smallest absolute Gasteiger partial charge is 0.281 e. The lowest BCUT2D eigenvalue weighted by molar-refractivity contribution is -0.0711. The molecule has 0 unspecified atom stereocenters. The summed E-state index contributed by atoms with van der Waals surface area (Å²) in [6, 6.07) is 5.83. The van der Waals surface area contributed by atoms with Crippen LogP contribution in [-0.4, -0.2) is 92.6 Å². The summed E-state index contributed by atoms with van der Waals surface area (Å²) in [7, 11) is 1.47. The van der Waals surface area contributed by atoms with Crippen molar-refractivity contribution in [2.45, 2.75) is 31.0 Å². The lowest BCUT2D eigenvalue weighted by Gasteiger charge is -2.34. The van der Waals surface area contributed by atoms with E-state index in [1.807, 2.05) is 24.3 Å². The van der Waals surface area contributed by atoms with Gasteiger partial charge < -0.3 is 14.8 Å². The minimum absolute atomic E-state index is 0.0179. The molecule has 3 aromatic heterocycles. The number of alkyl halides is 3. The number of benzene rings is 1. The van der Waals surface area contributed by atoms with Gasteiger partial charge in [0.15, 0.2) is 0 Å². The molecule has 0 saturated carbocycles. The van der Waals surface area contributed by atoms with Gasteiger partial charge in [-0.05, 0) is 30.7 Å². The van der Waals surface area contributed by atoms with E-state index in [9.17, 15) is 13.2 Å². The molecule has 0 amide bonds. The Morgan fingerprint density at radius 1 is 1.28 bits per heavy atom. The van der Waals surface area contributed by atoms with Gasteiger partial charge in [-0.15, -0.1) is 10.2 Å². The lowest BCUT2D eigenvalue weighted by atomic mass is 10.1. The topological polar surface area (TPSA) is 94.6 Å². The Hall–Kier alpha value is -3.45. The van der Waals surface area contributed by atoms with E-state index in [0.29, 0.717) is 29.8 Å². The van der Waals surface area contributed by atoms with Crippen LogP contribution in [-0.2, 0) is 4.74 Å². The minimum atomic E-state index is -2.94. The first-order valence-corrected chi connectivity index (χ1v) is 11.7. The number of fused-ring (bicyclic) bond motifs is 2. The maximum absolute atomic E-state index is 14.7. The van der Waals surface area contributed by atoms with E-state index in [1.54, 1.807) is 27.2 Å². The fourth-order valence-electron chi connectivity index (χ4n) is 4.76. The summed E-state index contributed by atoms with van der Waals surface area (Å²) in [5.41, 5.74) is 3.50. The molecule has 2 aliphatic heterocycles. The molecule has 1 N–H and O–H groups in total. The number of hydrogen-bond donors (Lipinski definition) is 1. The van der Waals surface area contributed by atoms with Crippen LogP contribution >= 0.6 is 0 Å². The maximum Gasteiger partial charge on any atom is 0.281 e. The van der Waals surface area contributed by atoms with Crippen molar-refractivity contribution in [2.24, 2.45) is 0 Å². The number of likely N-dealkylation sites (tertiary alicyclic amines) is 1. The first-order valence-electron chi connectivity index (χ1n) is 11.7. The maximum atomic E-state index is 14.7. The van der Waals surface area contributed by atoms with Crippen LogP contribution in [0, 0.1) is 0 Å². The van der Waals surface area contributed by atoms with Crippen LogP contribution in [0.25, 0.3) is 27.7 Å². The summed E-state index contributed by atoms with van der Waals surface area (Å²) < 4.78 is 56.5. The molecule has 10 nitrogen and oxygen atoms in total. The molecule has 2 aliphatic rings. The predicted octanol–water partition coefficient (Wildman–Crippen LogP) is 2.81. The van der Waals surface area contributed by atoms with Crippen molar-refractivity contribution in [3.05, 3.63) is 30.5 Å². The predicted molar refractivity (Wildman–Crippen MR) is 125 cm³/mol. The van der Waals surface area contributed by atoms with Crippen LogP contribution in [0.3, 0.4) is 0 Å². The molecular formula is C23H25F3N8O2. The first kappa shape index (κ1) is 23.0. The van der Waals surface area contributed by atoms with Crippen molar-refractivity contribution in [1.29, 1.82) is 0 Å². The van der Waals surface area contributed by atoms with Gasteiger partial charge in [-0.2, -0.15) is 4.98 Å². The molecule has 0 radical (unpaired) electrons. The van der Waals surface area contributed by atoms with Crippen LogP contribution in [0.4, 0.5) is 19.1 Å². The zero-order chi connectivity index (χ0) is 25.0. The Bertz CT molecular complexity index is 1420. The number of aromatic nitrogens is 6. The summed E-state index contributed by atoms with van der Waals surface area (Å²) in [4.78, 5) is 6.14. The van der Waals surface area contributed by atoms with Gasteiger partial charge in [0.05, 0.1) is 44.5 Å². The second-order valence-electron chi connectivity index (χ2n) is 9.29. The van der Waals surface area contributed by atoms with Gasteiger partial charge in [0, 0.05) is 18.3 Å². The van der Waals surface area contributed by atoms with Crippen molar-refractivity contribution in [1.82, 2.24) is 34.5 Å². The monoisotopic (exact) mass is 502 g/mol. The van der Waals surface area contributed by atoms with E-state index in [0.717, 1.165) is 11.1 Å². The Morgan fingerprint density at radius 2 is 2.11 bits per heavy atom. The lowest BCUT2D eigenvalue weighted by Crippen LogP contribution is -2.48. The van der Waals surface area contributed by atoms with Crippen molar-refractivity contribution in [3.8, 4) is 17.0 Å². The van der Waals surface area contributed by atoms with E-state index >= 15 is 0 Å². The molecule has 2 fully saturated rings. The largest absolute Gasteiger partial charge is 0.479 e. The third-order valence-electron chi connectivity index (χ3n) is 6.88. The molecule has 0 spiro atoms. The quantitative estimate of drug-likeness (QED) is 0.412. The van der Waals surface area contributed by atoms with Crippen LogP contribution < -0.4 is 10.1 Å². The Morgan fingerprint density at radius 3 is 2.83 bits per heavy atom. The molecule has 0 bridgehead atoms. The van der Waals surface area contributed by atoms with Crippen LogP contribution in [0.1, 0.15) is 13.0 Å². The number of rotatable bonds is 7. The molecule has 13 heteroatoms. The minimum Gasteiger partial charge on any atom is -0.479 e. The molecule has 6 rings (SSSR count). The van der Waals surface area contributed by atoms with Crippen molar-refractivity contribution in [2.75, 3.05) is 45.4 Å². The standard InChI is InChI=1S/C23H25F3N8O2/c1-13(8-24)34-18-7-14(3-4-17(18)29-31-34)16-5-6-33-20(16)21(35-2)28-22(30-33)27-19-9-32(12-23(19,25)26)15-10-36-11-15/h3-7,13,15,19H,8-12H2,1-2H3,(H,27,30)/t13-,19-/m1/s1. The fraction of sp³-hybridized carbons (Fsp3) is 0.478. The number of nitrogens with zero attached hydrogens (tertiary/aromatic N) is 7. The zero-order valence-corrected chi connectivity index (χ0v) is 19.7. The summed E-state index contributed by atoms with van der Waals surface area (Å²) in [6.07, 6.45) is 1.72. The highest BCUT2D eigenvalue weighted by Crippen LogP contribution is 2.35. The van der Waals surface area contributed by atoms with E-state index in [4.69, 9.17) is 9.47 Å². The van der Waals surface area contributed by atoms with Crippen molar-refractivity contribution < 1.29 is 22.6 Å². The zero-order valence-electron chi connectivity index (χ0n) is 19.7. The second-order valence-corrected chi connectivity index (χ2v) is 9.29. The second kappa shape index (κ2) is 8.59. The highest BCUT2D eigenvalue weighted by molar-refractivity contribution is 5.89. The van der Waals surface area contributed by atoms with Gasteiger partial charge in [0.2, 0.25) is 11.8 Å². The average molecular weight is 503 g/mol. The fourth-order valence-corrected chi connectivity index (χ4v) is 4.76. The van der Waals surface area contributed by atoms with Crippen LogP contribution in [0.2, 0.25) is 0 Å². The van der Waals surface area contributed by atoms with Gasteiger partial charge >= 0.3 is 0 Å². The molecular weight excluding hydrogens is 477 g/mol. The molecule has 1 aromatic carbocycles. The highest BCUT2D eigenvalue weighted by Gasteiger charge is 2.51. The number of halogens is 3. The van der Waals surface area contributed by atoms with Crippen LogP contribution in [0.5, 0.6) is 5.88 Å². The molecule has 2 saturated heterocycles. The SMILES string of the molecule is COc1nc(N[C@@H]2CN(C3COC3)CC2(F)F)nn2ccc(-c3ccc4nnn([C@H](C)CF)c4c3)c12. The summed E-state index contributed by atoms with van der Waals surface area (Å²) >= 11 is 0. The molecule has 0 aliphatic carbocycles. The van der Waals surface area contributed by atoms with Gasteiger partial charge in [-0.3, -0.25) is 4.90 Å². The number of ether oxygens (including phenoxy) is 2. The Kier molecular flexibility index (Phi) is 5.48. The molecule has 5 heterocycles.